The highest BCUT2D eigenvalue weighted by molar-refractivity contribution is 5.71. The summed E-state index contributed by atoms with van der Waals surface area (Å²) in [5.74, 6) is 1.75. The zero-order chi connectivity index (χ0) is 49.1. The summed E-state index contributed by atoms with van der Waals surface area (Å²) in [5.41, 5.74) is 0. The lowest BCUT2D eigenvalue weighted by atomic mass is 9.99. The van der Waals surface area contributed by atoms with E-state index in [0.29, 0.717) is 19.3 Å². The van der Waals surface area contributed by atoms with Crippen LogP contribution in [0.2, 0.25) is 0 Å². The molecule has 67 heavy (non-hydrogen) atoms. The summed E-state index contributed by atoms with van der Waals surface area (Å²) in [6, 6.07) is 0. The minimum absolute atomic E-state index is 0.0637. The number of carbonyl (C=O) groups excluding carboxylic acids is 3. The summed E-state index contributed by atoms with van der Waals surface area (Å²) < 4.78 is 16.9. The fourth-order valence-corrected chi connectivity index (χ4v) is 9.29. The van der Waals surface area contributed by atoms with Crippen LogP contribution in [0.25, 0.3) is 0 Å². The standard InChI is InChI=1S/C61H118O6/c1-7-56(5)48-42-36-30-24-20-15-13-11-9-10-12-14-16-22-26-34-40-46-52-61(64)67-58(54-66-60(63)51-45-39-33-28-27-31-37-43-49-57(6)8-2)53-65-59(62)50-44-38-32-25-21-18-17-19-23-29-35-41-47-55(3)4/h55-58H,7-54H2,1-6H3/t56?,57?,58-/m0/s1. The third kappa shape index (κ3) is 52.1. The van der Waals surface area contributed by atoms with Crippen molar-refractivity contribution in [3.63, 3.8) is 0 Å². The second-order valence-electron chi connectivity index (χ2n) is 21.9. The molecule has 0 saturated heterocycles. The Morgan fingerprint density at radius 3 is 0.776 bits per heavy atom. The molecule has 0 N–H and O–H groups in total. The van der Waals surface area contributed by atoms with Crippen molar-refractivity contribution < 1.29 is 28.6 Å². The lowest BCUT2D eigenvalue weighted by Crippen LogP contribution is -2.30. The Labute approximate surface area is 418 Å². The van der Waals surface area contributed by atoms with Gasteiger partial charge in [0.15, 0.2) is 6.10 Å². The molecule has 0 aliphatic rings. The molecule has 0 radical (unpaired) electrons. The molecule has 0 amide bonds. The maximum absolute atomic E-state index is 12.9. The van der Waals surface area contributed by atoms with Gasteiger partial charge in [0.2, 0.25) is 0 Å². The van der Waals surface area contributed by atoms with Crippen molar-refractivity contribution >= 4 is 17.9 Å². The molecule has 0 saturated carbocycles. The second-order valence-corrected chi connectivity index (χ2v) is 21.9. The van der Waals surface area contributed by atoms with Crippen LogP contribution in [0.3, 0.4) is 0 Å². The molecule has 2 unspecified atom stereocenters. The SMILES string of the molecule is CCC(C)CCCCCCCCCCCCCCCCCCCCC(=O)O[C@@H](COC(=O)CCCCCCCCCCCCCCC(C)C)COC(=O)CCCCCCCCCCC(C)CC. The first-order valence-electron chi connectivity index (χ1n) is 30.2. The van der Waals surface area contributed by atoms with E-state index < -0.39 is 6.10 Å². The minimum Gasteiger partial charge on any atom is -0.462 e. The lowest BCUT2D eigenvalue weighted by Gasteiger charge is -2.18. The second kappa shape index (κ2) is 52.2. The Morgan fingerprint density at radius 1 is 0.299 bits per heavy atom. The fraction of sp³-hybridized carbons (Fsp3) is 0.951. The van der Waals surface area contributed by atoms with Crippen LogP contribution < -0.4 is 0 Å². The van der Waals surface area contributed by atoms with Crippen molar-refractivity contribution in [3.8, 4) is 0 Å². The molecule has 0 spiro atoms. The Morgan fingerprint density at radius 2 is 0.522 bits per heavy atom. The van der Waals surface area contributed by atoms with Crippen LogP contribution in [0.4, 0.5) is 0 Å². The summed E-state index contributed by atoms with van der Waals surface area (Å²) in [6.07, 6.45) is 55.2. The molecule has 0 aromatic heterocycles. The lowest BCUT2D eigenvalue weighted by molar-refractivity contribution is -0.167. The first-order chi connectivity index (χ1) is 32.7. The Balaban J connectivity index is 4.25. The molecule has 0 fully saturated rings. The monoisotopic (exact) mass is 947 g/mol. The number of esters is 3. The first kappa shape index (κ1) is 65.4. The topological polar surface area (TPSA) is 78.9 Å². The summed E-state index contributed by atoms with van der Waals surface area (Å²) >= 11 is 0. The zero-order valence-corrected chi connectivity index (χ0v) is 46.2. The van der Waals surface area contributed by atoms with E-state index in [2.05, 4.69) is 41.5 Å². The number of carbonyl (C=O) groups is 3. The van der Waals surface area contributed by atoms with Gasteiger partial charge in [0.1, 0.15) is 13.2 Å². The highest BCUT2D eigenvalue weighted by Crippen LogP contribution is 2.19. The maximum atomic E-state index is 12.9. The summed E-state index contributed by atoms with van der Waals surface area (Å²) in [5, 5.41) is 0. The number of rotatable bonds is 54. The van der Waals surface area contributed by atoms with Gasteiger partial charge in [-0.25, -0.2) is 0 Å². The highest BCUT2D eigenvalue weighted by atomic mass is 16.6. The molecule has 3 atom stereocenters. The Kier molecular flexibility index (Phi) is 51.0. The summed E-state index contributed by atoms with van der Waals surface area (Å²) in [6.45, 7) is 13.8. The molecular formula is C61H118O6. The van der Waals surface area contributed by atoms with Crippen molar-refractivity contribution in [2.75, 3.05) is 13.2 Å². The van der Waals surface area contributed by atoms with Crippen molar-refractivity contribution in [2.24, 2.45) is 17.8 Å². The molecule has 0 bridgehead atoms. The van der Waals surface area contributed by atoms with Crippen LogP contribution in [-0.4, -0.2) is 37.2 Å². The van der Waals surface area contributed by atoms with Gasteiger partial charge in [-0.15, -0.1) is 0 Å². The highest BCUT2D eigenvalue weighted by Gasteiger charge is 2.19. The van der Waals surface area contributed by atoms with Gasteiger partial charge >= 0.3 is 17.9 Å². The molecule has 6 heteroatoms. The van der Waals surface area contributed by atoms with E-state index in [1.54, 1.807) is 0 Å². The van der Waals surface area contributed by atoms with Crippen molar-refractivity contribution in [3.05, 3.63) is 0 Å². The average molecular weight is 948 g/mol. The molecule has 0 heterocycles. The number of hydrogen-bond donors (Lipinski definition) is 0. The van der Waals surface area contributed by atoms with Crippen LogP contribution in [-0.2, 0) is 28.6 Å². The van der Waals surface area contributed by atoms with E-state index >= 15 is 0 Å². The number of hydrogen-bond acceptors (Lipinski definition) is 6. The predicted molar refractivity (Wildman–Crippen MR) is 289 cm³/mol. The van der Waals surface area contributed by atoms with Crippen molar-refractivity contribution in [1.29, 1.82) is 0 Å². The number of ether oxygens (including phenoxy) is 3. The molecule has 0 rings (SSSR count). The largest absolute Gasteiger partial charge is 0.462 e. The fourth-order valence-electron chi connectivity index (χ4n) is 9.29. The summed E-state index contributed by atoms with van der Waals surface area (Å²) in [4.78, 5) is 38.2. The molecule has 0 aromatic rings. The molecule has 0 aromatic carbocycles. The van der Waals surface area contributed by atoms with E-state index in [1.807, 2.05) is 0 Å². The Bertz CT molecular complexity index is 1040. The van der Waals surface area contributed by atoms with Crippen LogP contribution >= 0.6 is 0 Å². The van der Waals surface area contributed by atoms with E-state index in [9.17, 15) is 14.4 Å². The summed E-state index contributed by atoms with van der Waals surface area (Å²) in [7, 11) is 0. The van der Waals surface area contributed by atoms with Gasteiger partial charge in [0.25, 0.3) is 0 Å². The average Bonchev–Trinajstić information content (AvgIpc) is 3.31. The van der Waals surface area contributed by atoms with Crippen LogP contribution in [0, 0.1) is 17.8 Å². The van der Waals surface area contributed by atoms with Gasteiger partial charge in [0.05, 0.1) is 0 Å². The van der Waals surface area contributed by atoms with Gasteiger partial charge in [-0.2, -0.15) is 0 Å². The molecule has 0 aliphatic heterocycles. The van der Waals surface area contributed by atoms with E-state index in [-0.39, 0.29) is 31.1 Å². The van der Waals surface area contributed by atoms with E-state index in [0.717, 1.165) is 75.5 Å². The van der Waals surface area contributed by atoms with E-state index in [1.165, 1.54) is 218 Å². The number of unbranched alkanes of at least 4 members (excludes halogenated alkanes) is 35. The third-order valence-electron chi connectivity index (χ3n) is 14.6. The Hall–Kier alpha value is -1.59. The van der Waals surface area contributed by atoms with Crippen molar-refractivity contribution in [2.45, 2.75) is 343 Å². The molecule has 0 aliphatic carbocycles. The predicted octanol–water partition coefficient (Wildman–Crippen LogP) is 19.9. The van der Waals surface area contributed by atoms with Crippen molar-refractivity contribution in [1.82, 2.24) is 0 Å². The maximum Gasteiger partial charge on any atom is 0.306 e. The molecular weight excluding hydrogens is 829 g/mol. The minimum atomic E-state index is -0.764. The van der Waals surface area contributed by atoms with Crippen LogP contribution in [0.1, 0.15) is 337 Å². The van der Waals surface area contributed by atoms with E-state index in [4.69, 9.17) is 14.2 Å². The van der Waals surface area contributed by atoms with Gasteiger partial charge in [-0.05, 0) is 37.0 Å². The van der Waals surface area contributed by atoms with Crippen LogP contribution in [0.15, 0.2) is 0 Å². The quantitative estimate of drug-likeness (QED) is 0.0343. The zero-order valence-electron chi connectivity index (χ0n) is 46.2. The van der Waals surface area contributed by atoms with Crippen LogP contribution in [0.5, 0.6) is 0 Å². The smallest absolute Gasteiger partial charge is 0.306 e. The van der Waals surface area contributed by atoms with Gasteiger partial charge in [-0.1, -0.05) is 298 Å². The van der Waals surface area contributed by atoms with Gasteiger partial charge < -0.3 is 14.2 Å². The molecule has 6 nitrogen and oxygen atoms in total. The van der Waals surface area contributed by atoms with Gasteiger partial charge in [-0.3, -0.25) is 14.4 Å². The van der Waals surface area contributed by atoms with Gasteiger partial charge in [0, 0.05) is 19.3 Å². The first-order valence-corrected chi connectivity index (χ1v) is 30.2. The molecule has 398 valence electrons. The normalized spacial score (nSPS) is 12.9. The third-order valence-corrected chi connectivity index (χ3v) is 14.6.